The molecule has 0 spiro atoms. The van der Waals surface area contributed by atoms with Crippen LogP contribution in [0.5, 0.6) is 0 Å². The standard InChI is InChI=1S/C27H31N3O2/c28-25(31)22-10-11-23-24-21(22)9-6-15-27(24,26(32)29-23)14-4-5-16-30-17-12-20(13-18-30)19-7-2-1-3-8-19/h1-3,7-8,10-12H,4-6,9,13-18H2,(H2,28,31)(H,29,32). The van der Waals surface area contributed by atoms with Gasteiger partial charge < -0.3 is 11.1 Å². The van der Waals surface area contributed by atoms with Crippen molar-refractivity contribution >= 4 is 23.1 Å². The minimum absolute atomic E-state index is 0.100. The summed E-state index contributed by atoms with van der Waals surface area (Å²) in [6, 6.07) is 14.3. The highest BCUT2D eigenvalue weighted by atomic mass is 16.2. The molecule has 1 atom stereocenters. The van der Waals surface area contributed by atoms with Crippen molar-refractivity contribution in [2.75, 3.05) is 25.0 Å². The molecule has 2 heterocycles. The molecule has 3 aliphatic rings. The number of nitrogens with two attached hydrogens (primary N) is 1. The van der Waals surface area contributed by atoms with Gasteiger partial charge >= 0.3 is 0 Å². The second kappa shape index (κ2) is 8.55. The number of carbonyl (C=O) groups excluding carboxylic acids is 2. The molecule has 0 fully saturated rings. The third-order valence-electron chi connectivity index (χ3n) is 7.54. The van der Waals surface area contributed by atoms with Crippen LogP contribution in [-0.4, -0.2) is 36.3 Å². The SMILES string of the molecule is NC(=O)c1ccc2c3c1CCCC3(CCCCN1CC=C(c3ccccc3)CC1)C(=O)N2. The van der Waals surface area contributed by atoms with E-state index >= 15 is 0 Å². The van der Waals surface area contributed by atoms with Gasteiger partial charge in [0.05, 0.1) is 5.41 Å². The Bertz CT molecular complexity index is 1080. The van der Waals surface area contributed by atoms with Gasteiger partial charge in [0, 0.05) is 24.3 Å². The number of amides is 2. The fourth-order valence-electron chi connectivity index (χ4n) is 5.90. The van der Waals surface area contributed by atoms with Crippen LogP contribution in [0.25, 0.3) is 5.57 Å². The quantitative estimate of drug-likeness (QED) is 0.646. The molecule has 5 heteroatoms. The number of rotatable bonds is 7. The number of nitrogens with one attached hydrogen (secondary N) is 1. The first-order valence-corrected chi connectivity index (χ1v) is 11.8. The fourth-order valence-corrected chi connectivity index (χ4v) is 5.90. The van der Waals surface area contributed by atoms with Gasteiger partial charge in [0.1, 0.15) is 0 Å². The molecular formula is C27H31N3O2. The molecule has 2 aromatic carbocycles. The molecular weight excluding hydrogens is 398 g/mol. The Morgan fingerprint density at radius 3 is 2.69 bits per heavy atom. The van der Waals surface area contributed by atoms with E-state index in [0.29, 0.717) is 5.56 Å². The van der Waals surface area contributed by atoms with Gasteiger partial charge in [0.15, 0.2) is 0 Å². The van der Waals surface area contributed by atoms with Gasteiger partial charge in [-0.2, -0.15) is 0 Å². The molecule has 3 N–H and O–H groups in total. The van der Waals surface area contributed by atoms with Gasteiger partial charge in [-0.15, -0.1) is 0 Å². The van der Waals surface area contributed by atoms with E-state index in [2.05, 4.69) is 46.6 Å². The number of anilines is 1. The Morgan fingerprint density at radius 1 is 1.09 bits per heavy atom. The summed E-state index contributed by atoms with van der Waals surface area (Å²) in [4.78, 5) is 27.5. The summed E-state index contributed by atoms with van der Waals surface area (Å²) in [5.74, 6) is -0.297. The smallest absolute Gasteiger partial charge is 0.248 e. The van der Waals surface area contributed by atoms with Crippen LogP contribution in [0.4, 0.5) is 5.69 Å². The number of hydrogen-bond donors (Lipinski definition) is 2. The molecule has 166 valence electrons. The van der Waals surface area contributed by atoms with Crippen molar-refractivity contribution in [3.05, 3.63) is 70.8 Å². The number of primary amides is 1. The normalized spacial score (nSPS) is 22.2. The average molecular weight is 430 g/mol. The third-order valence-corrected chi connectivity index (χ3v) is 7.54. The molecule has 1 aliphatic carbocycles. The minimum Gasteiger partial charge on any atom is -0.366 e. The number of hydrogen-bond acceptors (Lipinski definition) is 3. The van der Waals surface area contributed by atoms with Crippen LogP contribution in [-0.2, 0) is 16.6 Å². The first-order chi connectivity index (χ1) is 15.6. The first kappa shape index (κ1) is 21.0. The maximum atomic E-state index is 13.1. The van der Waals surface area contributed by atoms with Gasteiger partial charge in [-0.3, -0.25) is 14.5 Å². The summed E-state index contributed by atoms with van der Waals surface area (Å²) in [6.07, 6.45) is 8.95. The van der Waals surface area contributed by atoms with Gasteiger partial charge in [0.2, 0.25) is 11.8 Å². The lowest BCUT2D eigenvalue weighted by Gasteiger charge is -2.34. The van der Waals surface area contributed by atoms with Crippen LogP contribution in [0, 0.1) is 0 Å². The predicted molar refractivity (Wildman–Crippen MR) is 128 cm³/mol. The average Bonchev–Trinajstić information content (AvgIpc) is 3.11. The molecule has 2 aliphatic heterocycles. The predicted octanol–water partition coefficient (Wildman–Crippen LogP) is 4.27. The van der Waals surface area contributed by atoms with Gasteiger partial charge in [-0.25, -0.2) is 0 Å². The second-order valence-corrected chi connectivity index (χ2v) is 9.37. The maximum Gasteiger partial charge on any atom is 0.248 e. The van der Waals surface area contributed by atoms with Crippen LogP contribution >= 0.6 is 0 Å². The zero-order chi connectivity index (χ0) is 22.1. The number of unbranched alkanes of at least 4 members (excludes halogenated alkanes) is 1. The highest BCUT2D eigenvalue weighted by Gasteiger charge is 2.49. The lowest BCUT2D eigenvalue weighted by atomic mass is 9.67. The van der Waals surface area contributed by atoms with Crippen LogP contribution in [0.3, 0.4) is 0 Å². The number of carbonyl (C=O) groups is 2. The van der Waals surface area contributed by atoms with Crippen molar-refractivity contribution in [1.29, 1.82) is 0 Å². The van der Waals surface area contributed by atoms with Crippen molar-refractivity contribution in [2.24, 2.45) is 5.73 Å². The zero-order valence-corrected chi connectivity index (χ0v) is 18.5. The fraction of sp³-hybridized carbons (Fsp3) is 0.407. The van der Waals surface area contributed by atoms with E-state index in [1.54, 1.807) is 6.07 Å². The maximum absolute atomic E-state index is 13.1. The van der Waals surface area contributed by atoms with E-state index in [4.69, 9.17) is 5.73 Å². The molecule has 2 aromatic rings. The Morgan fingerprint density at radius 2 is 1.94 bits per heavy atom. The van der Waals surface area contributed by atoms with E-state index in [-0.39, 0.29) is 5.91 Å². The highest BCUT2D eigenvalue weighted by molar-refractivity contribution is 6.08. The summed E-state index contributed by atoms with van der Waals surface area (Å²) >= 11 is 0. The van der Waals surface area contributed by atoms with Gasteiger partial charge in [-0.1, -0.05) is 42.8 Å². The molecule has 5 rings (SSSR count). The molecule has 0 radical (unpaired) electrons. The molecule has 32 heavy (non-hydrogen) atoms. The number of nitrogens with zero attached hydrogens (tertiary/aromatic N) is 1. The lowest BCUT2D eigenvalue weighted by molar-refractivity contribution is -0.121. The van der Waals surface area contributed by atoms with Crippen LogP contribution < -0.4 is 11.1 Å². The van der Waals surface area contributed by atoms with Crippen molar-refractivity contribution in [3.8, 4) is 0 Å². The minimum atomic E-state index is -0.489. The highest BCUT2D eigenvalue weighted by Crippen LogP contribution is 2.50. The van der Waals surface area contributed by atoms with E-state index in [0.717, 1.165) is 81.4 Å². The molecule has 2 amide bonds. The Kier molecular flexibility index (Phi) is 5.60. The van der Waals surface area contributed by atoms with Crippen LogP contribution in [0.2, 0.25) is 0 Å². The second-order valence-electron chi connectivity index (χ2n) is 9.37. The lowest BCUT2D eigenvalue weighted by Crippen LogP contribution is -2.38. The monoisotopic (exact) mass is 429 g/mol. The van der Waals surface area contributed by atoms with E-state index in [1.165, 1.54) is 11.1 Å². The van der Waals surface area contributed by atoms with Crippen LogP contribution in [0.15, 0.2) is 48.5 Å². The molecule has 1 unspecified atom stereocenters. The van der Waals surface area contributed by atoms with Gasteiger partial charge in [0.25, 0.3) is 0 Å². The van der Waals surface area contributed by atoms with Crippen LogP contribution in [0.1, 0.15) is 65.6 Å². The van der Waals surface area contributed by atoms with E-state index in [9.17, 15) is 9.59 Å². The zero-order valence-electron chi connectivity index (χ0n) is 18.5. The van der Waals surface area contributed by atoms with Crippen molar-refractivity contribution in [1.82, 2.24) is 4.90 Å². The molecule has 0 saturated heterocycles. The summed E-state index contributed by atoms with van der Waals surface area (Å²) in [5.41, 5.74) is 11.4. The summed E-state index contributed by atoms with van der Waals surface area (Å²) in [6.45, 7) is 3.13. The van der Waals surface area contributed by atoms with E-state index in [1.807, 2.05) is 6.07 Å². The van der Waals surface area contributed by atoms with Gasteiger partial charge in [-0.05, 0) is 79.5 Å². The first-order valence-electron chi connectivity index (χ1n) is 11.8. The molecule has 0 saturated carbocycles. The summed E-state index contributed by atoms with van der Waals surface area (Å²) < 4.78 is 0. The Hall–Kier alpha value is -2.92. The summed E-state index contributed by atoms with van der Waals surface area (Å²) in [7, 11) is 0. The Balaban J connectivity index is 1.22. The molecule has 0 aromatic heterocycles. The Labute approximate surface area is 189 Å². The molecule has 0 bridgehead atoms. The summed E-state index contributed by atoms with van der Waals surface area (Å²) in [5, 5.41) is 3.09. The van der Waals surface area contributed by atoms with Crippen molar-refractivity contribution < 1.29 is 9.59 Å². The molecule has 5 nitrogen and oxygen atoms in total. The topological polar surface area (TPSA) is 75.4 Å². The van der Waals surface area contributed by atoms with Crippen molar-refractivity contribution in [3.63, 3.8) is 0 Å². The van der Waals surface area contributed by atoms with E-state index < -0.39 is 11.3 Å². The van der Waals surface area contributed by atoms with Crippen molar-refractivity contribution in [2.45, 2.75) is 50.4 Å². The largest absolute Gasteiger partial charge is 0.366 e. The number of benzene rings is 2. The third kappa shape index (κ3) is 3.65.